The number of piperazine rings is 1. The lowest BCUT2D eigenvalue weighted by molar-refractivity contribution is -0.118. The minimum Gasteiger partial charge on any atom is -0.325 e. The van der Waals surface area contributed by atoms with Crippen molar-refractivity contribution in [3.05, 3.63) is 59.7 Å². The second-order valence-electron chi connectivity index (χ2n) is 5.99. The smallest absolute Gasteiger partial charge is 0.238 e. The molecule has 0 saturated carbocycles. The number of halogens is 2. The van der Waals surface area contributed by atoms with Gasteiger partial charge in [-0.1, -0.05) is 12.1 Å². The summed E-state index contributed by atoms with van der Waals surface area (Å²) < 4.78 is 13.6. The van der Waals surface area contributed by atoms with Crippen LogP contribution >= 0.6 is 12.4 Å². The molecule has 2 N–H and O–H groups in total. The molecule has 0 spiro atoms. The van der Waals surface area contributed by atoms with Gasteiger partial charge in [0.05, 0.1) is 6.54 Å². The van der Waals surface area contributed by atoms with Gasteiger partial charge in [0, 0.05) is 43.8 Å². The van der Waals surface area contributed by atoms with Gasteiger partial charge in [-0.2, -0.15) is 0 Å². The number of rotatable bonds is 4. The van der Waals surface area contributed by atoms with E-state index in [0.29, 0.717) is 11.3 Å². The van der Waals surface area contributed by atoms with Crippen molar-refractivity contribution in [2.45, 2.75) is 13.0 Å². The fourth-order valence-corrected chi connectivity index (χ4v) is 2.89. The van der Waals surface area contributed by atoms with Crippen molar-refractivity contribution >= 4 is 24.0 Å². The Balaban J connectivity index is 0.00000225. The maximum absolute atomic E-state index is 13.6. The Morgan fingerprint density at radius 3 is 3.00 bits per heavy atom. The predicted molar refractivity (Wildman–Crippen MR) is 98.4 cm³/mol. The molecule has 25 heavy (non-hydrogen) atoms. The second-order valence-corrected chi connectivity index (χ2v) is 5.99. The molecule has 7 heteroatoms. The van der Waals surface area contributed by atoms with Crippen LogP contribution in [0.15, 0.2) is 42.7 Å². The quantitative estimate of drug-likeness (QED) is 0.875. The van der Waals surface area contributed by atoms with Crippen LogP contribution in [0.25, 0.3) is 0 Å². The molecule has 5 nitrogen and oxygen atoms in total. The third kappa shape index (κ3) is 4.98. The molecule has 2 aromatic rings. The fraction of sp³-hybridized carbons (Fsp3) is 0.333. The molecule has 1 amide bonds. The number of nitrogens with zero attached hydrogens (tertiary/aromatic N) is 2. The van der Waals surface area contributed by atoms with Crippen LogP contribution < -0.4 is 10.6 Å². The number of aryl methyl sites for hydroxylation is 1. The highest BCUT2D eigenvalue weighted by Gasteiger charge is 2.25. The maximum Gasteiger partial charge on any atom is 0.238 e. The summed E-state index contributed by atoms with van der Waals surface area (Å²) in [6.45, 7) is 4.34. The molecule has 1 unspecified atom stereocenters. The third-order valence-electron chi connectivity index (χ3n) is 4.23. The summed E-state index contributed by atoms with van der Waals surface area (Å²) >= 11 is 0. The Kier molecular flexibility index (Phi) is 6.87. The SMILES string of the molecule is Cc1ccc(NC(=O)CN2CCNCC2c2cccnc2)cc1F.Cl. The summed E-state index contributed by atoms with van der Waals surface area (Å²) in [5, 5.41) is 6.12. The number of nitrogens with one attached hydrogen (secondary N) is 2. The first-order valence-electron chi connectivity index (χ1n) is 8.04. The van der Waals surface area contributed by atoms with Crippen LogP contribution in [0.5, 0.6) is 0 Å². The van der Waals surface area contributed by atoms with Crippen LogP contribution in [0.4, 0.5) is 10.1 Å². The molecule has 1 aliphatic heterocycles. The lowest BCUT2D eigenvalue weighted by Gasteiger charge is -2.35. The van der Waals surface area contributed by atoms with E-state index >= 15 is 0 Å². The van der Waals surface area contributed by atoms with Crippen molar-refractivity contribution in [2.24, 2.45) is 0 Å². The van der Waals surface area contributed by atoms with Crippen molar-refractivity contribution in [1.29, 1.82) is 0 Å². The van der Waals surface area contributed by atoms with Crippen molar-refractivity contribution < 1.29 is 9.18 Å². The summed E-state index contributed by atoms with van der Waals surface area (Å²) in [5.41, 5.74) is 2.13. The molecule has 0 aliphatic carbocycles. The Labute approximate surface area is 153 Å². The number of aromatic nitrogens is 1. The highest BCUT2D eigenvalue weighted by Crippen LogP contribution is 2.21. The Morgan fingerprint density at radius 2 is 2.28 bits per heavy atom. The number of anilines is 1. The molecule has 1 atom stereocenters. The monoisotopic (exact) mass is 364 g/mol. The van der Waals surface area contributed by atoms with E-state index in [9.17, 15) is 9.18 Å². The van der Waals surface area contributed by atoms with E-state index < -0.39 is 0 Å². The molecule has 1 fully saturated rings. The van der Waals surface area contributed by atoms with E-state index in [-0.39, 0.29) is 36.7 Å². The molecule has 0 bridgehead atoms. The van der Waals surface area contributed by atoms with E-state index in [2.05, 4.69) is 20.5 Å². The lowest BCUT2D eigenvalue weighted by Crippen LogP contribution is -2.48. The van der Waals surface area contributed by atoms with E-state index in [1.807, 2.05) is 18.3 Å². The van der Waals surface area contributed by atoms with Crippen LogP contribution in [0.2, 0.25) is 0 Å². The van der Waals surface area contributed by atoms with Gasteiger partial charge in [0.1, 0.15) is 5.82 Å². The average Bonchev–Trinajstić information content (AvgIpc) is 2.59. The first-order chi connectivity index (χ1) is 11.6. The number of benzene rings is 1. The van der Waals surface area contributed by atoms with Crippen molar-refractivity contribution in [2.75, 3.05) is 31.5 Å². The van der Waals surface area contributed by atoms with Gasteiger partial charge in [0.15, 0.2) is 0 Å². The minimum atomic E-state index is -0.316. The molecular formula is C18H22ClFN4O. The molecule has 2 heterocycles. The molecule has 1 aromatic carbocycles. The summed E-state index contributed by atoms with van der Waals surface area (Å²) in [7, 11) is 0. The first-order valence-corrected chi connectivity index (χ1v) is 8.04. The van der Waals surface area contributed by atoms with Gasteiger partial charge in [-0.15, -0.1) is 12.4 Å². The van der Waals surface area contributed by atoms with Crippen molar-refractivity contribution in [1.82, 2.24) is 15.2 Å². The molecule has 3 rings (SSSR count). The zero-order valence-electron chi connectivity index (χ0n) is 14.0. The number of amides is 1. The zero-order chi connectivity index (χ0) is 16.9. The average molecular weight is 365 g/mol. The Morgan fingerprint density at radius 1 is 1.44 bits per heavy atom. The summed E-state index contributed by atoms with van der Waals surface area (Å²) in [6.07, 6.45) is 3.57. The van der Waals surface area contributed by atoms with E-state index in [1.165, 1.54) is 6.07 Å². The third-order valence-corrected chi connectivity index (χ3v) is 4.23. The molecule has 134 valence electrons. The highest BCUT2D eigenvalue weighted by atomic mass is 35.5. The van der Waals surface area contributed by atoms with Crippen LogP contribution in [-0.2, 0) is 4.79 Å². The minimum absolute atomic E-state index is 0. The fourth-order valence-electron chi connectivity index (χ4n) is 2.89. The predicted octanol–water partition coefficient (Wildman–Crippen LogP) is 2.54. The van der Waals surface area contributed by atoms with Crippen LogP contribution in [0.1, 0.15) is 17.2 Å². The van der Waals surface area contributed by atoms with Crippen LogP contribution in [0.3, 0.4) is 0 Å². The molecular weight excluding hydrogens is 343 g/mol. The van der Waals surface area contributed by atoms with Gasteiger partial charge in [0.25, 0.3) is 0 Å². The van der Waals surface area contributed by atoms with Gasteiger partial charge in [-0.3, -0.25) is 14.7 Å². The Hall–Kier alpha value is -2.02. The highest BCUT2D eigenvalue weighted by molar-refractivity contribution is 5.92. The summed E-state index contributed by atoms with van der Waals surface area (Å²) in [4.78, 5) is 18.6. The van der Waals surface area contributed by atoms with Crippen LogP contribution in [0, 0.1) is 12.7 Å². The number of pyridine rings is 1. The summed E-state index contributed by atoms with van der Waals surface area (Å²) in [6, 6.07) is 8.75. The maximum atomic E-state index is 13.6. The molecule has 0 radical (unpaired) electrons. The number of hydrogen-bond donors (Lipinski definition) is 2. The standard InChI is InChI=1S/C18H21FN4O.ClH/c1-13-4-5-15(9-16(13)19)22-18(24)12-23-8-7-21-11-17(23)14-3-2-6-20-10-14;/h2-6,9-10,17,21H,7-8,11-12H2,1H3,(H,22,24);1H. The molecule has 1 saturated heterocycles. The molecule has 1 aliphatic rings. The van der Waals surface area contributed by atoms with Gasteiger partial charge >= 0.3 is 0 Å². The summed E-state index contributed by atoms with van der Waals surface area (Å²) in [5.74, 6) is -0.461. The van der Waals surface area contributed by atoms with Crippen molar-refractivity contribution in [3.63, 3.8) is 0 Å². The van der Waals surface area contributed by atoms with E-state index in [4.69, 9.17) is 0 Å². The van der Waals surface area contributed by atoms with Gasteiger partial charge in [-0.05, 0) is 36.2 Å². The van der Waals surface area contributed by atoms with Crippen LogP contribution in [-0.4, -0.2) is 42.0 Å². The Bertz CT molecular complexity index is 713. The first kappa shape index (κ1) is 19.3. The van der Waals surface area contributed by atoms with Gasteiger partial charge in [-0.25, -0.2) is 4.39 Å². The lowest BCUT2D eigenvalue weighted by atomic mass is 10.1. The van der Waals surface area contributed by atoms with Gasteiger partial charge < -0.3 is 10.6 Å². The topological polar surface area (TPSA) is 57.3 Å². The largest absolute Gasteiger partial charge is 0.325 e. The van der Waals surface area contributed by atoms with Gasteiger partial charge in [0.2, 0.25) is 5.91 Å². The van der Waals surface area contributed by atoms with E-state index in [0.717, 1.165) is 25.2 Å². The number of hydrogen-bond acceptors (Lipinski definition) is 4. The van der Waals surface area contributed by atoms with E-state index in [1.54, 1.807) is 25.3 Å². The normalized spacial score (nSPS) is 17.6. The van der Waals surface area contributed by atoms with Crippen molar-refractivity contribution in [3.8, 4) is 0 Å². The number of carbonyl (C=O) groups is 1. The zero-order valence-corrected chi connectivity index (χ0v) is 14.9. The molecule has 1 aromatic heterocycles. The number of carbonyl (C=O) groups excluding carboxylic acids is 1. The second kappa shape index (κ2) is 8.89.